The quantitative estimate of drug-likeness (QED) is 0.506. The number of nitrogens with zero attached hydrogens (tertiary/aromatic N) is 3. The predicted octanol–water partition coefficient (Wildman–Crippen LogP) is 4.28. The van der Waals surface area contributed by atoms with Crippen molar-refractivity contribution >= 4 is 17.2 Å². The molecule has 0 atom stereocenters. The molecule has 11 heteroatoms. The van der Waals surface area contributed by atoms with Crippen LogP contribution in [-0.2, 0) is 6.18 Å². The maximum atomic E-state index is 13.6. The van der Waals surface area contributed by atoms with E-state index in [1.165, 1.54) is 38.7 Å². The number of amides is 1. The maximum Gasteiger partial charge on any atom is 0.433 e. The Morgan fingerprint density at radius 1 is 1.13 bits per heavy atom. The highest BCUT2D eigenvalue weighted by molar-refractivity contribution is 6.08. The van der Waals surface area contributed by atoms with Crippen molar-refractivity contribution in [2.45, 2.75) is 6.18 Å². The number of furan rings is 1. The molecule has 0 saturated heterocycles. The highest BCUT2D eigenvalue weighted by Gasteiger charge is 2.36. The summed E-state index contributed by atoms with van der Waals surface area (Å²) in [6, 6.07) is 8.47. The normalized spacial score (nSPS) is 11.5. The molecule has 4 rings (SSSR count). The zero-order valence-electron chi connectivity index (χ0n) is 16.2. The second-order valence-electron chi connectivity index (χ2n) is 6.32. The molecule has 160 valence electrons. The highest BCUT2D eigenvalue weighted by atomic mass is 19.4. The summed E-state index contributed by atoms with van der Waals surface area (Å²) >= 11 is 0. The summed E-state index contributed by atoms with van der Waals surface area (Å²) in [5, 5.41) is 6.33. The molecule has 4 aromatic rings. The van der Waals surface area contributed by atoms with E-state index in [4.69, 9.17) is 13.9 Å². The topological polar surface area (TPSA) is 90.9 Å². The number of carbonyl (C=O) groups is 1. The van der Waals surface area contributed by atoms with Gasteiger partial charge in [-0.3, -0.25) is 4.79 Å². The van der Waals surface area contributed by atoms with Gasteiger partial charge in [-0.25, -0.2) is 9.50 Å². The first-order valence-corrected chi connectivity index (χ1v) is 8.85. The number of ether oxygens (including phenoxy) is 2. The molecular weight excluding hydrogens is 417 g/mol. The average Bonchev–Trinajstić information content (AvgIpc) is 3.42. The van der Waals surface area contributed by atoms with Gasteiger partial charge < -0.3 is 19.2 Å². The van der Waals surface area contributed by atoms with Crippen LogP contribution >= 0.6 is 0 Å². The summed E-state index contributed by atoms with van der Waals surface area (Å²) in [6.07, 6.45) is -2.39. The SMILES string of the molecule is COc1ccc(NC(=O)c2cnn3c(C(F)(F)F)cc(-c4ccco4)nc23)cc1OC. The van der Waals surface area contributed by atoms with Gasteiger partial charge in [-0.2, -0.15) is 18.3 Å². The molecule has 0 aliphatic heterocycles. The molecule has 0 aliphatic carbocycles. The van der Waals surface area contributed by atoms with E-state index in [0.717, 1.165) is 12.3 Å². The van der Waals surface area contributed by atoms with E-state index >= 15 is 0 Å². The zero-order valence-corrected chi connectivity index (χ0v) is 16.2. The van der Waals surface area contributed by atoms with Gasteiger partial charge in [-0.05, 0) is 30.3 Å². The third kappa shape index (κ3) is 3.77. The number of fused-ring (bicyclic) bond motifs is 1. The lowest BCUT2D eigenvalue weighted by atomic mass is 10.2. The molecule has 0 unspecified atom stereocenters. The Bertz CT molecular complexity index is 1250. The lowest BCUT2D eigenvalue weighted by molar-refractivity contribution is -0.142. The molecular formula is C20H15F3N4O4. The van der Waals surface area contributed by atoms with Crippen molar-refractivity contribution in [1.82, 2.24) is 14.6 Å². The molecule has 1 N–H and O–H groups in total. The van der Waals surface area contributed by atoms with Gasteiger partial charge in [0, 0.05) is 11.8 Å². The molecule has 0 fully saturated rings. The van der Waals surface area contributed by atoms with Crippen molar-refractivity contribution in [2.75, 3.05) is 19.5 Å². The monoisotopic (exact) mass is 432 g/mol. The van der Waals surface area contributed by atoms with Crippen LogP contribution in [0, 0.1) is 0 Å². The van der Waals surface area contributed by atoms with Crippen LogP contribution in [0.15, 0.2) is 53.3 Å². The second kappa shape index (κ2) is 7.67. The summed E-state index contributed by atoms with van der Waals surface area (Å²) in [6.45, 7) is 0. The van der Waals surface area contributed by atoms with Crippen LogP contribution in [0.1, 0.15) is 16.1 Å². The molecule has 0 saturated carbocycles. The van der Waals surface area contributed by atoms with Crippen molar-refractivity contribution in [2.24, 2.45) is 0 Å². The third-order valence-electron chi connectivity index (χ3n) is 4.42. The molecule has 0 radical (unpaired) electrons. The fourth-order valence-corrected chi connectivity index (χ4v) is 2.99. The number of anilines is 1. The van der Waals surface area contributed by atoms with Crippen LogP contribution in [0.4, 0.5) is 18.9 Å². The number of hydrogen-bond acceptors (Lipinski definition) is 6. The largest absolute Gasteiger partial charge is 0.493 e. The molecule has 0 bridgehead atoms. The Morgan fingerprint density at radius 3 is 2.55 bits per heavy atom. The van der Waals surface area contributed by atoms with E-state index in [1.54, 1.807) is 12.1 Å². The number of benzene rings is 1. The minimum atomic E-state index is -4.73. The second-order valence-corrected chi connectivity index (χ2v) is 6.32. The van der Waals surface area contributed by atoms with Crippen LogP contribution in [0.3, 0.4) is 0 Å². The van der Waals surface area contributed by atoms with Crippen LogP contribution < -0.4 is 14.8 Å². The molecule has 0 aliphatic rings. The van der Waals surface area contributed by atoms with Crippen molar-refractivity contribution < 1.29 is 31.9 Å². The lowest BCUT2D eigenvalue weighted by Gasteiger charge is -2.11. The number of hydrogen-bond donors (Lipinski definition) is 1. The van der Waals surface area contributed by atoms with E-state index in [1.807, 2.05) is 0 Å². The standard InChI is InChI=1S/C20H15F3N4O4/c1-29-15-6-5-11(8-16(15)30-2)25-19(28)12-10-24-27-17(20(21,22)23)9-13(26-18(12)27)14-4-3-7-31-14/h3-10H,1-2H3,(H,25,28). The van der Waals surface area contributed by atoms with Crippen LogP contribution in [0.2, 0.25) is 0 Å². The Balaban J connectivity index is 1.77. The van der Waals surface area contributed by atoms with Gasteiger partial charge in [0.25, 0.3) is 5.91 Å². The Labute approximate surface area is 173 Å². The van der Waals surface area contributed by atoms with Crippen LogP contribution in [-0.4, -0.2) is 34.7 Å². The summed E-state index contributed by atoms with van der Waals surface area (Å²) in [5.41, 5.74) is -1.23. The molecule has 31 heavy (non-hydrogen) atoms. The van der Waals surface area contributed by atoms with Crippen molar-refractivity contribution in [3.8, 4) is 23.0 Å². The smallest absolute Gasteiger partial charge is 0.433 e. The molecule has 8 nitrogen and oxygen atoms in total. The third-order valence-corrected chi connectivity index (χ3v) is 4.42. The number of halogens is 3. The molecule has 0 spiro atoms. The number of alkyl halides is 3. The van der Waals surface area contributed by atoms with Crippen molar-refractivity contribution in [1.29, 1.82) is 0 Å². The Morgan fingerprint density at radius 2 is 1.90 bits per heavy atom. The maximum absolute atomic E-state index is 13.6. The molecule has 3 heterocycles. The van der Waals surface area contributed by atoms with Gasteiger partial charge in [0.2, 0.25) is 0 Å². The van der Waals surface area contributed by atoms with E-state index in [0.29, 0.717) is 21.7 Å². The number of nitrogens with one attached hydrogen (secondary N) is 1. The van der Waals surface area contributed by atoms with Gasteiger partial charge in [-0.15, -0.1) is 0 Å². The first-order valence-electron chi connectivity index (χ1n) is 8.85. The van der Waals surface area contributed by atoms with E-state index in [2.05, 4.69) is 15.4 Å². The zero-order chi connectivity index (χ0) is 22.2. The van der Waals surface area contributed by atoms with E-state index in [-0.39, 0.29) is 22.7 Å². The van der Waals surface area contributed by atoms with Crippen LogP contribution in [0.25, 0.3) is 17.1 Å². The average molecular weight is 432 g/mol. The Hall–Kier alpha value is -4.02. The summed E-state index contributed by atoms with van der Waals surface area (Å²) in [4.78, 5) is 17.0. The van der Waals surface area contributed by atoms with E-state index in [9.17, 15) is 18.0 Å². The minimum Gasteiger partial charge on any atom is -0.493 e. The first kappa shape index (κ1) is 20.3. The van der Waals surface area contributed by atoms with Crippen molar-refractivity contribution in [3.63, 3.8) is 0 Å². The predicted molar refractivity (Wildman–Crippen MR) is 103 cm³/mol. The number of aromatic nitrogens is 3. The van der Waals surface area contributed by atoms with Gasteiger partial charge in [0.1, 0.15) is 11.3 Å². The molecule has 3 aromatic heterocycles. The molecule has 1 aromatic carbocycles. The molecule has 1 amide bonds. The van der Waals surface area contributed by atoms with Gasteiger partial charge in [-0.1, -0.05) is 0 Å². The fourth-order valence-electron chi connectivity index (χ4n) is 2.99. The highest BCUT2D eigenvalue weighted by Crippen LogP contribution is 2.33. The number of carbonyl (C=O) groups excluding carboxylic acids is 1. The summed E-state index contributed by atoms with van der Waals surface area (Å²) < 4.78 is 56.9. The van der Waals surface area contributed by atoms with Crippen molar-refractivity contribution in [3.05, 3.63) is 60.1 Å². The number of methoxy groups -OCH3 is 2. The van der Waals surface area contributed by atoms with E-state index < -0.39 is 17.8 Å². The minimum absolute atomic E-state index is 0.0782. The summed E-state index contributed by atoms with van der Waals surface area (Å²) in [5.74, 6) is 0.258. The lowest BCUT2D eigenvalue weighted by Crippen LogP contribution is -2.15. The Kier molecular flexibility index (Phi) is 5.01. The van der Waals surface area contributed by atoms with Gasteiger partial charge >= 0.3 is 6.18 Å². The van der Waals surface area contributed by atoms with Crippen LogP contribution in [0.5, 0.6) is 11.5 Å². The van der Waals surface area contributed by atoms with Gasteiger partial charge in [0.05, 0.1) is 26.7 Å². The fraction of sp³-hybridized carbons (Fsp3) is 0.150. The first-order chi connectivity index (χ1) is 14.8. The summed E-state index contributed by atoms with van der Waals surface area (Å²) in [7, 11) is 2.91. The number of rotatable bonds is 5. The van der Waals surface area contributed by atoms with Gasteiger partial charge in [0.15, 0.2) is 28.6 Å².